The van der Waals surface area contributed by atoms with Gasteiger partial charge in [0, 0.05) is 38.4 Å². The van der Waals surface area contributed by atoms with Crippen molar-refractivity contribution in [3.05, 3.63) is 41.7 Å². The molecule has 3 aromatic rings. The molecule has 176 valence electrons. The summed E-state index contributed by atoms with van der Waals surface area (Å²) in [4.78, 5) is 4.52. The minimum atomic E-state index is -2.96. The molecule has 4 rings (SSSR count). The van der Waals surface area contributed by atoms with Crippen LogP contribution in [0, 0.1) is 5.92 Å². The Kier molecular flexibility index (Phi) is 7.07. The molecule has 1 saturated heterocycles. The van der Waals surface area contributed by atoms with Crippen LogP contribution >= 0.6 is 0 Å². The van der Waals surface area contributed by atoms with E-state index in [-0.39, 0.29) is 17.6 Å². The van der Waals surface area contributed by atoms with E-state index in [1.54, 1.807) is 12.3 Å². The molecule has 0 radical (unpaired) electrons. The van der Waals surface area contributed by atoms with Crippen LogP contribution in [-0.2, 0) is 13.0 Å². The van der Waals surface area contributed by atoms with Crippen molar-refractivity contribution in [1.82, 2.24) is 35.7 Å². The molecule has 0 amide bonds. The number of alkyl halides is 2. The number of rotatable bonds is 8. The van der Waals surface area contributed by atoms with E-state index in [1.165, 1.54) is 0 Å². The Hall–Kier alpha value is -3.21. The first-order valence-electron chi connectivity index (χ1n) is 11.0. The van der Waals surface area contributed by atoms with E-state index in [0.29, 0.717) is 31.1 Å². The molecular formula is C22H28F2N8O. The largest absolute Gasteiger partial charge is 0.434 e. The zero-order chi connectivity index (χ0) is 23.4. The van der Waals surface area contributed by atoms with Gasteiger partial charge >= 0.3 is 6.61 Å². The van der Waals surface area contributed by atoms with Gasteiger partial charge in [0.2, 0.25) is 5.82 Å². The Morgan fingerprint density at radius 3 is 2.70 bits per heavy atom. The highest BCUT2D eigenvalue weighted by Gasteiger charge is 2.29. The Bertz CT molecular complexity index is 1030. The number of nitrogens with zero attached hydrogens (tertiary/aromatic N) is 7. The van der Waals surface area contributed by atoms with Crippen LogP contribution in [0.15, 0.2) is 30.5 Å². The molecule has 9 nitrogen and oxygen atoms in total. The highest BCUT2D eigenvalue weighted by molar-refractivity contribution is 5.81. The maximum absolute atomic E-state index is 13.3. The van der Waals surface area contributed by atoms with E-state index < -0.39 is 6.61 Å². The predicted octanol–water partition coefficient (Wildman–Crippen LogP) is 3.17. The topological polar surface area (TPSA) is 96.0 Å². The van der Waals surface area contributed by atoms with E-state index in [4.69, 9.17) is 4.74 Å². The third kappa shape index (κ3) is 5.59. The molecule has 1 aromatic carbocycles. The second-order valence-corrected chi connectivity index (χ2v) is 8.68. The fourth-order valence-corrected chi connectivity index (χ4v) is 4.25. The van der Waals surface area contributed by atoms with Gasteiger partial charge in [-0.1, -0.05) is 13.8 Å². The predicted molar refractivity (Wildman–Crippen MR) is 119 cm³/mol. The molecule has 1 aliphatic heterocycles. The minimum Gasteiger partial charge on any atom is -0.434 e. The van der Waals surface area contributed by atoms with Gasteiger partial charge in [-0.15, -0.1) is 10.2 Å². The smallest absolute Gasteiger partial charge is 0.387 e. The lowest BCUT2D eigenvalue weighted by atomic mass is 9.98. The molecule has 1 unspecified atom stereocenters. The van der Waals surface area contributed by atoms with Gasteiger partial charge in [-0.3, -0.25) is 4.90 Å². The zero-order valence-corrected chi connectivity index (χ0v) is 18.9. The Morgan fingerprint density at radius 2 is 2.06 bits per heavy atom. The number of nitrogens with one attached hydrogen (secondary N) is 1. The number of aromatic amines is 1. The van der Waals surface area contributed by atoms with Crippen LogP contribution in [0.2, 0.25) is 0 Å². The fourth-order valence-electron chi connectivity index (χ4n) is 4.25. The number of hydrogen-bond donors (Lipinski definition) is 1. The second kappa shape index (κ2) is 10.2. The van der Waals surface area contributed by atoms with E-state index in [2.05, 4.69) is 61.4 Å². The Balaban J connectivity index is 1.67. The number of tetrazole rings is 1. The maximum atomic E-state index is 13.3. The lowest BCUT2D eigenvalue weighted by molar-refractivity contribution is -0.0494. The van der Waals surface area contributed by atoms with Gasteiger partial charge in [-0.25, -0.2) is 0 Å². The van der Waals surface area contributed by atoms with Gasteiger partial charge < -0.3 is 9.64 Å². The first-order chi connectivity index (χ1) is 15.9. The van der Waals surface area contributed by atoms with Crippen molar-refractivity contribution in [2.24, 2.45) is 5.92 Å². The molecule has 2 aromatic heterocycles. The third-order valence-corrected chi connectivity index (χ3v) is 5.67. The number of halogens is 2. The third-order valence-electron chi connectivity index (χ3n) is 5.67. The highest BCUT2D eigenvalue weighted by atomic mass is 19.3. The van der Waals surface area contributed by atoms with Crippen molar-refractivity contribution < 1.29 is 13.5 Å². The molecule has 0 aliphatic carbocycles. The SMILES string of the molecule is CC(C)Cc1cc(OC(F)F)c(-c2nn[nH]n2)c(N2CCN(Cc3cccnn3)C(C)C2)c1. The van der Waals surface area contributed by atoms with E-state index in [0.717, 1.165) is 29.9 Å². The summed E-state index contributed by atoms with van der Waals surface area (Å²) in [6.07, 6.45) is 2.40. The number of piperazine rings is 1. The highest BCUT2D eigenvalue weighted by Crippen LogP contribution is 2.40. The zero-order valence-electron chi connectivity index (χ0n) is 18.9. The van der Waals surface area contributed by atoms with Crippen molar-refractivity contribution in [1.29, 1.82) is 0 Å². The van der Waals surface area contributed by atoms with E-state index in [1.807, 2.05) is 18.2 Å². The molecule has 33 heavy (non-hydrogen) atoms. The van der Waals surface area contributed by atoms with Crippen LogP contribution in [0.3, 0.4) is 0 Å². The average Bonchev–Trinajstić information content (AvgIpc) is 3.29. The summed E-state index contributed by atoms with van der Waals surface area (Å²) in [7, 11) is 0. The molecule has 0 spiro atoms. The first kappa shape index (κ1) is 23.0. The molecule has 1 aliphatic rings. The molecule has 1 N–H and O–H groups in total. The van der Waals surface area contributed by atoms with Crippen LogP contribution in [0.5, 0.6) is 5.75 Å². The number of aromatic nitrogens is 6. The van der Waals surface area contributed by atoms with Crippen molar-refractivity contribution in [2.75, 3.05) is 24.5 Å². The Morgan fingerprint density at radius 1 is 1.21 bits per heavy atom. The summed E-state index contributed by atoms with van der Waals surface area (Å²) in [5.41, 5.74) is 3.04. The number of benzene rings is 1. The van der Waals surface area contributed by atoms with Crippen molar-refractivity contribution >= 4 is 5.69 Å². The lowest BCUT2D eigenvalue weighted by Crippen LogP contribution is -2.51. The minimum absolute atomic E-state index is 0.0641. The molecule has 1 fully saturated rings. The van der Waals surface area contributed by atoms with Crippen molar-refractivity contribution in [2.45, 2.75) is 46.4 Å². The average molecular weight is 459 g/mol. The Labute approximate surface area is 191 Å². The number of hydrogen-bond acceptors (Lipinski definition) is 8. The van der Waals surface area contributed by atoms with Crippen molar-refractivity contribution in [3.8, 4) is 17.1 Å². The molecule has 0 saturated carbocycles. The van der Waals surface area contributed by atoms with Crippen molar-refractivity contribution in [3.63, 3.8) is 0 Å². The summed E-state index contributed by atoms with van der Waals surface area (Å²) >= 11 is 0. The number of anilines is 1. The van der Waals surface area contributed by atoms with Crippen LogP contribution in [0.1, 0.15) is 32.0 Å². The molecule has 11 heteroatoms. The normalized spacial score (nSPS) is 17.2. The summed E-state index contributed by atoms with van der Waals surface area (Å²) in [6.45, 7) is 6.25. The van der Waals surface area contributed by atoms with Gasteiger partial charge in [-0.2, -0.15) is 24.2 Å². The van der Waals surface area contributed by atoms with Gasteiger partial charge in [0.15, 0.2) is 0 Å². The van der Waals surface area contributed by atoms with Gasteiger partial charge in [0.05, 0.1) is 16.9 Å². The molecule has 1 atom stereocenters. The monoisotopic (exact) mass is 458 g/mol. The summed E-state index contributed by atoms with van der Waals surface area (Å²) < 4.78 is 31.6. The van der Waals surface area contributed by atoms with Gasteiger partial charge in [0.1, 0.15) is 5.75 Å². The number of ether oxygens (including phenoxy) is 1. The van der Waals surface area contributed by atoms with E-state index >= 15 is 0 Å². The van der Waals surface area contributed by atoms with Crippen LogP contribution in [-0.4, -0.2) is 68.0 Å². The summed E-state index contributed by atoms with van der Waals surface area (Å²) in [5.74, 6) is 0.650. The van der Waals surface area contributed by atoms with Crippen LogP contribution in [0.25, 0.3) is 11.4 Å². The fraction of sp³-hybridized carbons (Fsp3) is 0.500. The molecule has 0 bridgehead atoms. The first-order valence-corrected chi connectivity index (χ1v) is 11.0. The molecule has 3 heterocycles. The quantitative estimate of drug-likeness (QED) is 0.550. The second-order valence-electron chi connectivity index (χ2n) is 8.68. The van der Waals surface area contributed by atoms with Gasteiger partial charge in [-0.05, 0) is 54.3 Å². The molecular weight excluding hydrogens is 430 g/mol. The summed E-state index contributed by atoms with van der Waals surface area (Å²) in [6, 6.07) is 7.74. The number of H-pyrrole nitrogens is 1. The van der Waals surface area contributed by atoms with Crippen LogP contribution in [0.4, 0.5) is 14.5 Å². The lowest BCUT2D eigenvalue weighted by Gasteiger charge is -2.41. The standard InChI is InChI=1S/C22H28F2N8O/c1-14(2)9-16-10-18(20(21-27-29-30-28-21)19(11-16)33-22(23)24)32-8-7-31(15(3)12-32)13-17-5-4-6-25-26-17/h4-6,10-11,14-15,22H,7-9,12-13H2,1-3H3,(H,27,28,29,30). The van der Waals surface area contributed by atoms with Crippen LogP contribution < -0.4 is 9.64 Å². The maximum Gasteiger partial charge on any atom is 0.387 e. The van der Waals surface area contributed by atoms with E-state index in [9.17, 15) is 8.78 Å². The summed E-state index contributed by atoms with van der Waals surface area (Å²) in [5, 5.41) is 22.3. The van der Waals surface area contributed by atoms with Gasteiger partial charge in [0.25, 0.3) is 0 Å².